The molecule has 0 bridgehead atoms. The molecule has 0 amide bonds. The van der Waals surface area contributed by atoms with E-state index < -0.39 is 39.9 Å². The molecule has 20 heavy (non-hydrogen) atoms. The van der Waals surface area contributed by atoms with Crippen molar-refractivity contribution in [1.29, 1.82) is 0 Å². The molecule has 4 nitrogen and oxygen atoms in total. The fraction of sp³-hybridized carbons (Fsp3) is 1.00. The van der Waals surface area contributed by atoms with Gasteiger partial charge in [0, 0.05) is 6.04 Å². The molecule has 8 heteroatoms. The third-order valence-electron chi connectivity index (χ3n) is 1.93. The van der Waals surface area contributed by atoms with Crippen molar-refractivity contribution in [2.75, 3.05) is 0 Å². The lowest BCUT2D eigenvalue weighted by molar-refractivity contribution is 0.175. The Labute approximate surface area is 129 Å². The summed E-state index contributed by atoms with van der Waals surface area (Å²) in [6, 6.07) is 0.492. The molecule has 0 radical (unpaired) electrons. The van der Waals surface area contributed by atoms with E-state index in [-0.39, 0.29) is 0 Å². The molecule has 1 atom stereocenters. The van der Waals surface area contributed by atoms with Gasteiger partial charge in [0.25, 0.3) is 0 Å². The van der Waals surface area contributed by atoms with Crippen LogP contribution in [0.1, 0.15) is 6.92 Å². The van der Waals surface area contributed by atoms with E-state index in [0.717, 1.165) is 0 Å². The number of rotatable bonds is 8. The van der Waals surface area contributed by atoms with E-state index in [2.05, 4.69) is 58.9 Å². The van der Waals surface area contributed by atoms with Gasteiger partial charge in [0.15, 0.2) is 25.0 Å². The van der Waals surface area contributed by atoms with Gasteiger partial charge in [0.05, 0.1) is 6.10 Å². The van der Waals surface area contributed by atoms with Gasteiger partial charge < -0.3 is 17.5 Å². The average molecular weight is 355 g/mol. The summed E-state index contributed by atoms with van der Waals surface area (Å²) in [6.45, 7) is 21.1. The van der Waals surface area contributed by atoms with Gasteiger partial charge in [-0.1, -0.05) is 0 Å². The van der Waals surface area contributed by atoms with Gasteiger partial charge in [-0.2, -0.15) is 0 Å². The molecule has 0 heterocycles. The molecule has 122 valence electrons. The van der Waals surface area contributed by atoms with Crippen LogP contribution in [0.5, 0.6) is 0 Å². The van der Waals surface area contributed by atoms with E-state index in [1.54, 1.807) is 6.92 Å². The highest BCUT2D eigenvalue weighted by Crippen LogP contribution is 2.29. The lowest BCUT2D eigenvalue weighted by Crippen LogP contribution is -2.61. The third-order valence-corrected chi connectivity index (χ3v) is 14.1. The molecule has 0 aromatic heterocycles. The Balaban J connectivity index is 5.50. The summed E-state index contributed by atoms with van der Waals surface area (Å²) in [5, 5.41) is 9.92. The van der Waals surface area contributed by atoms with Crippen LogP contribution in [0.4, 0.5) is 0 Å². The van der Waals surface area contributed by atoms with E-state index in [9.17, 15) is 5.11 Å². The van der Waals surface area contributed by atoms with Gasteiger partial charge in [-0.05, 0) is 65.8 Å². The van der Waals surface area contributed by atoms with Gasteiger partial charge in [-0.15, -0.1) is 0 Å². The smallest absolute Gasteiger partial charge is 0.417 e. The maximum Gasteiger partial charge on any atom is 0.472 e. The first-order chi connectivity index (χ1) is 8.54. The minimum absolute atomic E-state index is 0.467. The van der Waals surface area contributed by atoms with E-state index in [4.69, 9.17) is 12.3 Å². The quantitative estimate of drug-likeness (QED) is 0.672. The first kappa shape index (κ1) is 20.7. The summed E-state index contributed by atoms with van der Waals surface area (Å²) < 4.78 is 19.3. The SMILES string of the molecule is CC(O)C[Si](O[Si](C)(C)C)(O[Si](C)(C)C)O[Si](C)(C)C. The van der Waals surface area contributed by atoms with Crippen LogP contribution in [0.25, 0.3) is 0 Å². The van der Waals surface area contributed by atoms with E-state index >= 15 is 0 Å². The fourth-order valence-corrected chi connectivity index (χ4v) is 16.5. The largest absolute Gasteiger partial charge is 0.472 e. The molecule has 0 aromatic carbocycles. The van der Waals surface area contributed by atoms with E-state index in [1.807, 2.05) is 0 Å². The van der Waals surface area contributed by atoms with Crippen molar-refractivity contribution in [3.8, 4) is 0 Å². The van der Waals surface area contributed by atoms with Crippen molar-refractivity contribution in [3.05, 3.63) is 0 Å². The molecule has 0 aliphatic rings. The molecule has 0 aliphatic heterocycles. The zero-order valence-electron chi connectivity index (χ0n) is 15.0. The summed E-state index contributed by atoms with van der Waals surface area (Å²) in [4.78, 5) is 0. The fourth-order valence-electron chi connectivity index (χ4n) is 1.95. The maximum atomic E-state index is 9.92. The number of hydrogen-bond acceptors (Lipinski definition) is 4. The zero-order valence-corrected chi connectivity index (χ0v) is 19.0. The molecule has 0 fully saturated rings. The van der Waals surface area contributed by atoms with Crippen LogP contribution in [-0.2, 0) is 12.3 Å². The van der Waals surface area contributed by atoms with Crippen LogP contribution in [0, 0.1) is 0 Å². The Hall–Kier alpha value is 0.708. The summed E-state index contributed by atoms with van der Waals surface area (Å²) in [6.07, 6.45) is -0.467. The summed E-state index contributed by atoms with van der Waals surface area (Å²) >= 11 is 0. The van der Waals surface area contributed by atoms with Crippen LogP contribution in [0.2, 0.25) is 65.0 Å². The first-order valence-electron chi connectivity index (χ1n) is 7.32. The standard InChI is InChI=1S/C12H34O4Si4/c1-12(13)11-20(14-17(2,3)4,15-18(5,6)7)16-19(8,9)10/h12-13H,11H2,1-10H3. The zero-order chi connectivity index (χ0) is 16.4. The van der Waals surface area contributed by atoms with Crippen LogP contribution < -0.4 is 0 Å². The van der Waals surface area contributed by atoms with Gasteiger partial charge >= 0.3 is 8.80 Å². The summed E-state index contributed by atoms with van der Waals surface area (Å²) in [5.41, 5.74) is 0. The van der Waals surface area contributed by atoms with Crippen LogP contribution in [0.3, 0.4) is 0 Å². The summed E-state index contributed by atoms with van der Waals surface area (Å²) in [7, 11) is -8.27. The second-order valence-corrected chi connectivity index (χ2v) is 25.3. The molecular weight excluding hydrogens is 320 g/mol. The van der Waals surface area contributed by atoms with Gasteiger partial charge in [-0.25, -0.2) is 0 Å². The van der Waals surface area contributed by atoms with Gasteiger partial charge in [0.1, 0.15) is 0 Å². The molecule has 1 unspecified atom stereocenters. The molecule has 0 rings (SSSR count). The highest BCUT2D eigenvalue weighted by molar-refractivity contribution is 6.90. The lowest BCUT2D eigenvalue weighted by atomic mass is 10.5. The van der Waals surface area contributed by atoms with Crippen LogP contribution in [-0.4, -0.2) is 45.0 Å². The van der Waals surface area contributed by atoms with E-state index in [1.165, 1.54) is 0 Å². The Morgan fingerprint density at radius 1 is 0.700 bits per heavy atom. The predicted octanol–water partition coefficient (Wildman–Crippen LogP) is 3.86. The Kier molecular flexibility index (Phi) is 7.10. The number of aliphatic hydroxyl groups is 1. The van der Waals surface area contributed by atoms with Crippen LogP contribution >= 0.6 is 0 Å². The highest BCUT2D eigenvalue weighted by Gasteiger charge is 2.50. The normalized spacial score (nSPS) is 16.4. The van der Waals surface area contributed by atoms with Gasteiger partial charge in [0.2, 0.25) is 0 Å². The topological polar surface area (TPSA) is 47.9 Å². The third kappa shape index (κ3) is 10.4. The van der Waals surface area contributed by atoms with Crippen LogP contribution in [0.15, 0.2) is 0 Å². The minimum atomic E-state index is -2.83. The molecular formula is C12H34O4Si4. The molecule has 0 aromatic rings. The second-order valence-electron chi connectivity index (χ2n) is 8.38. The van der Waals surface area contributed by atoms with Crippen molar-refractivity contribution in [3.63, 3.8) is 0 Å². The first-order valence-corrected chi connectivity index (χ1v) is 19.5. The monoisotopic (exact) mass is 354 g/mol. The maximum absolute atomic E-state index is 9.92. The molecule has 0 spiro atoms. The average Bonchev–Trinajstić information content (AvgIpc) is 1.86. The Morgan fingerprint density at radius 2 is 0.950 bits per heavy atom. The predicted molar refractivity (Wildman–Crippen MR) is 95.5 cm³/mol. The van der Waals surface area contributed by atoms with Crippen molar-refractivity contribution in [1.82, 2.24) is 0 Å². The molecule has 1 N–H and O–H groups in total. The molecule has 0 aliphatic carbocycles. The van der Waals surface area contributed by atoms with Crippen molar-refractivity contribution in [2.45, 2.75) is 78.0 Å². The second kappa shape index (κ2) is 6.86. The minimum Gasteiger partial charge on any atom is -0.417 e. The Morgan fingerprint density at radius 3 is 1.10 bits per heavy atom. The van der Waals surface area contributed by atoms with Crippen molar-refractivity contribution >= 4 is 33.8 Å². The van der Waals surface area contributed by atoms with E-state index in [0.29, 0.717) is 6.04 Å². The Bertz CT molecular complexity index is 261. The van der Waals surface area contributed by atoms with Crippen molar-refractivity contribution in [2.24, 2.45) is 0 Å². The highest BCUT2D eigenvalue weighted by atomic mass is 28.5. The van der Waals surface area contributed by atoms with Gasteiger partial charge in [-0.3, -0.25) is 0 Å². The number of hydrogen-bond donors (Lipinski definition) is 1. The lowest BCUT2D eigenvalue weighted by Gasteiger charge is -2.43. The van der Waals surface area contributed by atoms with Crippen molar-refractivity contribution < 1.29 is 17.5 Å². The molecule has 0 saturated heterocycles. The molecule has 0 saturated carbocycles. The number of aliphatic hydroxyl groups excluding tert-OH is 1. The summed E-state index contributed by atoms with van der Waals surface area (Å²) in [5.74, 6) is 0.